The van der Waals surface area contributed by atoms with Crippen molar-refractivity contribution in [1.29, 1.82) is 0 Å². The van der Waals surface area contributed by atoms with Gasteiger partial charge in [0.15, 0.2) is 5.13 Å². The molecule has 2 amide bonds. The zero-order valence-corrected chi connectivity index (χ0v) is 16.0. The van der Waals surface area contributed by atoms with E-state index in [2.05, 4.69) is 15.6 Å². The quantitative estimate of drug-likeness (QED) is 0.691. The fourth-order valence-corrected chi connectivity index (χ4v) is 4.24. The van der Waals surface area contributed by atoms with Gasteiger partial charge in [-0.25, -0.2) is 4.98 Å². The Bertz CT molecular complexity index is 904. The summed E-state index contributed by atoms with van der Waals surface area (Å²) in [4.78, 5) is 40.2. The van der Waals surface area contributed by atoms with E-state index in [1.54, 1.807) is 12.1 Å². The minimum Gasteiger partial charge on any atom is -0.481 e. The fraction of sp³-hybridized carbons (Fsp3) is 0.400. The van der Waals surface area contributed by atoms with E-state index in [4.69, 9.17) is 0 Å². The van der Waals surface area contributed by atoms with E-state index < -0.39 is 17.8 Å². The van der Waals surface area contributed by atoms with Crippen molar-refractivity contribution in [2.75, 3.05) is 5.32 Å². The number of benzene rings is 1. The van der Waals surface area contributed by atoms with Gasteiger partial charge in [0.25, 0.3) is 5.91 Å². The van der Waals surface area contributed by atoms with Gasteiger partial charge in [-0.3, -0.25) is 14.4 Å². The second-order valence-corrected chi connectivity index (χ2v) is 8.19. The van der Waals surface area contributed by atoms with Crippen molar-refractivity contribution in [3.8, 4) is 11.3 Å². The lowest BCUT2D eigenvalue weighted by Gasteiger charge is -2.14. The van der Waals surface area contributed by atoms with Gasteiger partial charge >= 0.3 is 5.97 Å². The number of nitrogens with zero attached hydrogens (tertiary/aromatic N) is 1. The summed E-state index contributed by atoms with van der Waals surface area (Å²) in [6.45, 7) is 0. The summed E-state index contributed by atoms with van der Waals surface area (Å²) in [5.74, 6) is -2.38. The average Bonchev–Trinajstić information content (AvgIpc) is 3.18. The highest BCUT2D eigenvalue weighted by Gasteiger charge is 2.38. The molecule has 2 aliphatic carbocycles. The molecule has 7 nitrogen and oxygen atoms in total. The maximum absolute atomic E-state index is 12.4. The van der Waals surface area contributed by atoms with Crippen molar-refractivity contribution in [1.82, 2.24) is 10.3 Å². The van der Waals surface area contributed by atoms with Crippen LogP contribution in [0.15, 0.2) is 29.6 Å². The third-order valence-corrected chi connectivity index (χ3v) is 6.02. The highest BCUT2D eigenvalue weighted by Crippen LogP contribution is 2.33. The smallest absolute Gasteiger partial charge is 0.307 e. The molecule has 1 aromatic heterocycles. The van der Waals surface area contributed by atoms with E-state index in [1.165, 1.54) is 11.3 Å². The Balaban J connectivity index is 1.40. The van der Waals surface area contributed by atoms with E-state index in [-0.39, 0.29) is 11.8 Å². The van der Waals surface area contributed by atoms with Crippen LogP contribution in [0.1, 0.15) is 42.5 Å². The molecule has 2 aliphatic rings. The van der Waals surface area contributed by atoms with Crippen molar-refractivity contribution < 1.29 is 19.5 Å². The van der Waals surface area contributed by atoms with Crippen LogP contribution in [0.3, 0.4) is 0 Å². The van der Waals surface area contributed by atoms with E-state index in [0.29, 0.717) is 35.3 Å². The molecular formula is C20H21N3O4S. The molecule has 2 atom stereocenters. The first-order chi connectivity index (χ1) is 13.5. The number of hydrogen-bond acceptors (Lipinski definition) is 5. The van der Waals surface area contributed by atoms with Gasteiger partial charge in [-0.15, -0.1) is 11.3 Å². The molecule has 0 unspecified atom stereocenters. The van der Waals surface area contributed by atoms with Gasteiger partial charge in [0.2, 0.25) is 5.91 Å². The Morgan fingerprint density at radius 1 is 1.04 bits per heavy atom. The van der Waals surface area contributed by atoms with Crippen LogP contribution in [0.2, 0.25) is 0 Å². The Kier molecular flexibility index (Phi) is 5.13. The van der Waals surface area contributed by atoms with Gasteiger partial charge in [-0.05, 0) is 37.8 Å². The molecule has 2 fully saturated rings. The fourth-order valence-electron chi connectivity index (χ4n) is 3.52. The molecule has 146 valence electrons. The summed E-state index contributed by atoms with van der Waals surface area (Å²) in [5, 5.41) is 17.2. The predicted octanol–water partition coefficient (Wildman–Crippen LogP) is 3.14. The SMILES string of the molecule is O=C(NC1CC1)c1ccc(-c2csc(NC(=O)[C@@H]3CCC[C@H]3C(=O)O)n2)cc1. The van der Waals surface area contributed by atoms with Crippen LogP contribution in [-0.2, 0) is 9.59 Å². The molecule has 3 N–H and O–H groups in total. The molecule has 2 saturated carbocycles. The highest BCUT2D eigenvalue weighted by molar-refractivity contribution is 7.14. The monoisotopic (exact) mass is 399 g/mol. The third-order valence-electron chi connectivity index (χ3n) is 5.26. The number of carboxylic acids is 1. The summed E-state index contributed by atoms with van der Waals surface area (Å²) in [5.41, 5.74) is 2.17. The standard InChI is InChI=1S/C20H21N3O4S/c24-17(21-13-8-9-13)12-6-4-11(5-7-12)16-10-28-20(22-16)23-18(25)14-2-1-3-15(14)19(26)27/h4-7,10,13-15H,1-3,8-9H2,(H,21,24)(H,26,27)(H,22,23,25)/t14-,15-/m1/s1. The summed E-state index contributed by atoms with van der Waals surface area (Å²) in [7, 11) is 0. The number of anilines is 1. The van der Waals surface area contributed by atoms with Gasteiger partial charge < -0.3 is 15.7 Å². The van der Waals surface area contributed by atoms with E-state index in [0.717, 1.165) is 24.8 Å². The molecular weight excluding hydrogens is 378 g/mol. The maximum atomic E-state index is 12.4. The normalized spacial score (nSPS) is 21.3. The van der Waals surface area contributed by atoms with Crippen LogP contribution in [0, 0.1) is 11.8 Å². The van der Waals surface area contributed by atoms with Gasteiger partial charge in [0.1, 0.15) is 0 Å². The van der Waals surface area contributed by atoms with Crippen LogP contribution >= 0.6 is 11.3 Å². The first kappa shape index (κ1) is 18.6. The minimum absolute atomic E-state index is 0.0650. The second-order valence-electron chi connectivity index (χ2n) is 7.33. The summed E-state index contributed by atoms with van der Waals surface area (Å²) in [6.07, 6.45) is 3.97. The lowest BCUT2D eigenvalue weighted by Crippen LogP contribution is -2.29. The lowest BCUT2D eigenvalue weighted by molar-refractivity contribution is -0.145. The first-order valence-electron chi connectivity index (χ1n) is 9.42. The number of thiazole rings is 1. The number of carbonyl (C=O) groups excluding carboxylic acids is 2. The molecule has 0 bridgehead atoms. The van der Waals surface area contributed by atoms with Gasteiger partial charge in [-0.2, -0.15) is 0 Å². The molecule has 0 radical (unpaired) electrons. The Morgan fingerprint density at radius 2 is 1.75 bits per heavy atom. The number of aromatic nitrogens is 1. The van der Waals surface area contributed by atoms with Crippen LogP contribution < -0.4 is 10.6 Å². The Labute approximate surface area is 166 Å². The Morgan fingerprint density at radius 3 is 2.43 bits per heavy atom. The van der Waals surface area contributed by atoms with Crippen LogP contribution in [0.5, 0.6) is 0 Å². The Hall–Kier alpha value is -2.74. The molecule has 8 heteroatoms. The number of rotatable bonds is 6. The largest absolute Gasteiger partial charge is 0.481 e. The topological polar surface area (TPSA) is 108 Å². The number of nitrogens with one attached hydrogen (secondary N) is 2. The molecule has 4 rings (SSSR count). The third kappa shape index (κ3) is 4.06. The molecule has 0 saturated heterocycles. The molecule has 28 heavy (non-hydrogen) atoms. The number of carbonyl (C=O) groups is 3. The van der Waals surface area contributed by atoms with Crippen molar-refractivity contribution in [2.24, 2.45) is 11.8 Å². The number of amides is 2. The highest BCUT2D eigenvalue weighted by atomic mass is 32.1. The van der Waals surface area contributed by atoms with Crippen molar-refractivity contribution in [2.45, 2.75) is 38.1 Å². The zero-order chi connectivity index (χ0) is 19.7. The van der Waals surface area contributed by atoms with E-state index in [1.807, 2.05) is 17.5 Å². The van der Waals surface area contributed by atoms with Gasteiger partial charge in [-0.1, -0.05) is 18.6 Å². The van der Waals surface area contributed by atoms with Crippen LogP contribution in [-0.4, -0.2) is 33.9 Å². The van der Waals surface area contributed by atoms with E-state index >= 15 is 0 Å². The molecule has 2 aromatic rings. The van der Waals surface area contributed by atoms with Gasteiger partial charge in [0, 0.05) is 22.5 Å². The second kappa shape index (κ2) is 7.71. The molecule has 1 heterocycles. The van der Waals surface area contributed by atoms with Gasteiger partial charge in [0.05, 0.1) is 17.5 Å². The number of hydrogen-bond donors (Lipinski definition) is 3. The maximum Gasteiger partial charge on any atom is 0.307 e. The van der Waals surface area contributed by atoms with Crippen molar-refractivity contribution >= 4 is 34.3 Å². The average molecular weight is 399 g/mol. The summed E-state index contributed by atoms with van der Waals surface area (Å²) in [6, 6.07) is 7.51. The van der Waals surface area contributed by atoms with Crippen LogP contribution in [0.4, 0.5) is 5.13 Å². The first-order valence-corrected chi connectivity index (χ1v) is 10.3. The van der Waals surface area contributed by atoms with E-state index in [9.17, 15) is 19.5 Å². The van der Waals surface area contributed by atoms with Crippen molar-refractivity contribution in [3.05, 3.63) is 35.2 Å². The molecule has 1 aromatic carbocycles. The zero-order valence-electron chi connectivity index (χ0n) is 15.2. The number of carboxylic acid groups (broad SMARTS) is 1. The number of aliphatic carboxylic acids is 1. The van der Waals surface area contributed by atoms with Crippen molar-refractivity contribution in [3.63, 3.8) is 0 Å². The summed E-state index contributed by atoms with van der Waals surface area (Å²) >= 11 is 1.30. The van der Waals surface area contributed by atoms with Crippen LogP contribution in [0.25, 0.3) is 11.3 Å². The minimum atomic E-state index is -0.914. The summed E-state index contributed by atoms with van der Waals surface area (Å²) < 4.78 is 0. The predicted molar refractivity (Wildman–Crippen MR) is 105 cm³/mol. The lowest BCUT2D eigenvalue weighted by atomic mass is 9.95. The molecule has 0 aliphatic heterocycles. The molecule has 0 spiro atoms.